The van der Waals surface area contributed by atoms with E-state index in [1.54, 1.807) is 18.2 Å². The lowest BCUT2D eigenvalue weighted by Crippen LogP contribution is -2.35. The zero-order valence-electron chi connectivity index (χ0n) is 17.0. The summed E-state index contributed by atoms with van der Waals surface area (Å²) in [5.41, 5.74) is 3.86. The van der Waals surface area contributed by atoms with Crippen LogP contribution in [-0.2, 0) is 32.5 Å². The first-order chi connectivity index (χ1) is 14.2. The Morgan fingerprint density at radius 1 is 1.34 bits per heavy atom. The summed E-state index contributed by atoms with van der Waals surface area (Å²) in [6, 6.07) is 9.96. The minimum Gasteiger partial charge on any atom is -0.467 e. The number of nitrogens with zero attached hydrogens (tertiary/aromatic N) is 4. The van der Waals surface area contributed by atoms with E-state index >= 15 is 0 Å². The average Bonchev–Trinajstić information content (AvgIpc) is 3.39. The predicted molar refractivity (Wildman–Crippen MR) is 109 cm³/mol. The molecule has 152 valence electrons. The molecule has 7 nitrogen and oxygen atoms in total. The van der Waals surface area contributed by atoms with Crippen molar-refractivity contribution >= 4 is 5.91 Å². The van der Waals surface area contributed by atoms with Crippen molar-refractivity contribution in [1.82, 2.24) is 25.0 Å². The number of nitrogens with one attached hydrogen (secondary N) is 1. The third-order valence-corrected chi connectivity index (χ3v) is 5.47. The Bertz CT molecular complexity index is 949. The molecule has 1 atom stereocenters. The summed E-state index contributed by atoms with van der Waals surface area (Å²) in [5.74, 6) is 0.703. The fraction of sp³-hybridized carbons (Fsp3) is 0.409. The lowest BCUT2D eigenvalue weighted by Gasteiger charge is -2.25. The molecule has 0 spiro atoms. The van der Waals surface area contributed by atoms with Crippen molar-refractivity contribution < 1.29 is 9.21 Å². The molecule has 0 saturated carbocycles. The van der Waals surface area contributed by atoms with Crippen LogP contribution >= 0.6 is 0 Å². The first-order valence-corrected chi connectivity index (χ1v) is 10.2. The lowest BCUT2D eigenvalue weighted by atomic mass is 9.91. The Morgan fingerprint density at radius 2 is 2.24 bits per heavy atom. The van der Waals surface area contributed by atoms with E-state index in [2.05, 4.69) is 22.3 Å². The van der Waals surface area contributed by atoms with Crippen LogP contribution in [-0.4, -0.2) is 38.7 Å². The standard InChI is InChI=1S/C22H27N5O2/c1-3-27-20-10-9-16(24-14-17-7-4-5-11-23-17)13-19(20)21(25-27)22(28)26(2)15-18-8-6-12-29-18/h4-8,11-12,16,24H,3,9-10,13-15H2,1-2H3. The molecule has 1 N–H and O–H groups in total. The SMILES string of the molecule is CCn1nc(C(=O)N(C)Cc2ccco2)c2c1CCC(NCc1ccccn1)C2. The van der Waals surface area contributed by atoms with E-state index in [0.29, 0.717) is 18.3 Å². The fourth-order valence-corrected chi connectivity index (χ4v) is 3.94. The number of hydrogen-bond donors (Lipinski definition) is 1. The van der Waals surface area contributed by atoms with Crippen molar-refractivity contribution in [2.75, 3.05) is 7.05 Å². The number of pyridine rings is 1. The third-order valence-electron chi connectivity index (χ3n) is 5.47. The van der Waals surface area contributed by atoms with E-state index in [0.717, 1.165) is 49.4 Å². The molecule has 1 amide bonds. The minimum atomic E-state index is -0.0600. The molecule has 29 heavy (non-hydrogen) atoms. The number of amides is 1. The minimum absolute atomic E-state index is 0.0600. The van der Waals surface area contributed by atoms with E-state index in [9.17, 15) is 4.79 Å². The molecule has 1 unspecified atom stereocenters. The zero-order chi connectivity index (χ0) is 20.2. The summed E-state index contributed by atoms with van der Waals surface area (Å²) in [5, 5.41) is 8.27. The second-order valence-corrected chi connectivity index (χ2v) is 7.47. The fourth-order valence-electron chi connectivity index (χ4n) is 3.94. The first kappa shape index (κ1) is 19.4. The average molecular weight is 393 g/mol. The van der Waals surface area contributed by atoms with Crippen molar-refractivity contribution in [2.45, 2.75) is 51.9 Å². The van der Waals surface area contributed by atoms with Crippen molar-refractivity contribution in [3.8, 4) is 0 Å². The quantitative estimate of drug-likeness (QED) is 0.668. The van der Waals surface area contributed by atoms with E-state index in [4.69, 9.17) is 4.42 Å². The number of carbonyl (C=O) groups excluding carboxylic acids is 1. The van der Waals surface area contributed by atoms with Crippen LogP contribution in [0, 0.1) is 0 Å². The number of carbonyl (C=O) groups is 1. The van der Waals surface area contributed by atoms with Crippen molar-refractivity contribution in [3.63, 3.8) is 0 Å². The number of aryl methyl sites for hydroxylation is 1. The van der Waals surface area contributed by atoms with E-state index in [-0.39, 0.29) is 5.91 Å². The van der Waals surface area contributed by atoms with Crippen LogP contribution in [0.3, 0.4) is 0 Å². The van der Waals surface area contributed by atoms with Gasteiger partial charge in [0.2, 0.25) is 0 Å². The summed E-state index contributed by atoms with van der Waals surface area (Å²) in [6.07, 6.45) is 6.19. The molecule has 0 aromatic carbocycles. The maximum absolute atomic E-state index is 13.1. The van der Waals surface area contributed by atoms with Crippen LogP contribution in [0.4, 0.5) is 0 Å². The topological polar surface area (TPSA) is 76.2 Å². The van der Waals surface area contributed by atoms with Crippen molar-refractivity contribution in [1.29, 1.82) is 0 Å². The number of rotatable bonds is 7. The van der Waals surface area contributed by atoms with Gasteiger partial charge in [-0.1, -0.05) is 6.07 Å². The number of fused-ring (bicyclic) bond motifs is 1. The molecule has 0 radical (unpaired) electrons. The van der Waals surface area contributed by atoms with Gasteiger partial charge in [-0.15, -0.1) is 0 Å². The molecule has 0 fully saturated rings. The molecular formula is C22H27N5O2. The normalized spacial score (nSPS) is 15.9. The molecule has 0 aliphatic heterocycles. The Morgan fingerprint density at radius 3 is 2.97 bits per heavy atom. The third kappa shape index (κ3) is 4.24. The first-order valence-electron chi connectivity index (χ1n) is 10.2. The summed E-state index contributed by atoms with van der Waals surface area (Å²) in [7, 11) is 1.79. The van der Waals surface area contributed by atoms with E-state index in [1.807, 2.05) is 41.2 Å². The van der Waals surface area contributed by atoms with Gasteiger partial charge < -0.3 is 14.6 Å². The molecule has 1 aliphatic carbocycles. The van der Waals surface area contributed by atoms with Gasteiger partial charge in [0.25, 0.3) is 5.91 Å². The van der Waals surface area contributed by atoms with Gasteiger partial charge in [0.05, 0.1) is 18.5 Å². The van der Waals surface area contributed by atoms with Gasteiger partial charge in [0.1, 0.15) is 5.76 Å². The van der Waals surface area contributed by atoms with Crippen molar-refractivity contribution in [2.24, 2.45) is 0 Å². The van der Waals surface area contributed by atoms with Gasteiger partial charge in [-0.2, -0.15) is 5.10 Å². The second kappa shape index (κ2) is 8.61. The molecule has 3 heterocycles. The maximum atomic E-state index is 13.1. The van der Waals surface area contributed by atoms with Gasteiger partial charge in [0, 0.05) is 43.6 Å². The van der Waals surface area contributed by atoms with Crippen LogP contribution in [0.1, 0.15) is 46.5 Å². The molecule has 3 aromatic heterocycles. The summed E-state index contributed by atoms with van der Waals surface area (Å²) < 4.78 is 7.37. The Hall–Kier alpha value is -2.93. The highest BCUT2D eigenvalue weighted by Gasteiger charge is 2.30. The van der Waals surface area contributed by atoms with Crippen LogP contribution in [0.25, 0.3) is 0 Å². The van der Waals surface area contributed by atoms with Gasteiger partial charge in [-0.05, 0) is 50.5 Å². The van der Waals surface area contributed by atoms with Gasteiger partial charge in [-0.3, -0.25) is 14.5 Å². The molecule has 1 aliphatic rings. The molecule has 4 rings (SSSR count). The number of aromatic nitrogens is 3. The van der Waals surface area contributed by atoms with E-state index in [1.165, 1.54) is 5.69 Å². The summed E-state index contributed by atoms with van der Waals surface area (Å²) >= 11 is 0. The molecule has 3 aromatic rings. The second-order valence-electron chi connectivity index (χ2n) is 7.47. The summed E-state index contributed by atoms with van der Waals surface area (Å²) in [4.78, 5) is 19.2. The Kier molecular flexibility index (Phi) is 5.76. The van der Waals surface area contributed by atoms with Gasteiger partial charge in [0.15, 0.2) is 5.69 Å². The number of hydrogen-bond acceptors (Lipinski definition) is 5. The predicted octanol–water partition coefficient (Wildman–Crippen LogP) is 2.81. The highest BCUT2D eigenvalue weighted by Crippen LogP contribution is 2.26. The molecule has 0 saturated heterocycles. The Labute approximate surface area is 170 Å². The summed E-state index contributed by atoms with van der Waals surface area (Å²) in [6.45, 7) is 3.99. The van der Waals surface area contributed by atoms with Crippen molar-refractivity contribution in [3.05, 3.63) is 71.2 Å². The van der Waals surface area contributed by atoms with Gasteiger partial charge in [-0.25, -0.2) is 0 Å². The molecule has 7 heteroatoms. The number of furan rings is 1. The molecular weight excluding hydrogens is 366 g/mol. The smallest absolute Gasteiger partial charge is 0.274 e. The van der Waals surface area contributed by atoms with Crippen LogP contribution < -0.4 is 5.32 Å². The monoisotopic (exact) mass is 393 g/mol. The van der Waals surface area contributed by atoms with E-state index < -0.39 is 0 Å². The van der Waals surface area contributed by atoms with Crippen LogP contribution in [0.2, 0.25) is 0 Å². The van der Waals surface area contributed by atoms with Crippen LogP contribution in [0.5, 0.6) is 0 Å². The highest BCUT2D eigenvalue weighted by atomic mass is 16.3. The lowest BCUT2D eigenvalue weighted by molar-refractivity contribution is 0.0767. The highest BCUT2D eigenvalue weighted by molar-refractivity contribution is 5.94. The Balaban J connectivity index is 1.49. The molecule has 0 bridgehead atoms. The maximum Gasteiger partial charge on any atom is 0.274 e. The van der Waals surface area contributed by atoms with Crippen LogP contribution in [0.15, 0.2) is 47.2 Å². The largest absolute Gasteiger partial charge is 0.467 e. The zero-order valence-corrected chi connectivity index (χ0v) is 17.0. The van der Waals surface area contributed by atoms with Gasteiger partial charge >= 0.3 is 0 Å².